The number of ketones is 1. The maximum atomic E-state index is 13.2. The van der Waals surface area contributed by atoms with Gasteiger partial charge in [-0.1, -0.05) is 66.2 Å². The lowest BCUT2D eigenvalue weighted by Crippen LogP contribution is -2.02. The summed E-state index contributed by atoms with van der Waals surface area (Å²) < 4.78 is 13.2. The Labute approximate surface area is 139 Å². The molecule has 0 aromatic heterocycles. The summed E-state index contributed by atoms with van der Waals surface area (Å²) in [6.45, 7) is 0. The van der Waals surface area contributed by atoms with Crippen LogP contribution in [0.3, 0.4) is 0 Å². The van der Waals surface area contributed by atoms with Crippen molar-refractivity contribution in [2.75, 3.05) is 0 Å². The molecule has 1 nitrogen and oxygen atoms in total. The third-order valence-corrected chi connectivity index (χ3v) is 3.94. The summed E-state index contributed by atoms with van der Waals surface area (Å²) in [6.07, 6.45) is 0.817. The molecule has 0 N–H and O–H groups in total. The van der Waals surface area contributed by atoms with Crippen molar-refractivity contribution in [1.82, 2.24) is 0 Å². The van der Waals surface area contributed by atoms with Crippen LogP contribution in [0.25, 0.3) is 0 Å². The first-order chi connectivity index (χ1) is 11.1. The summed E-state index contributed by atoms with van der Waals surface area (Å²) in [5.41, 5.74) is 3.29. The van der Waals surface area contributed by atoms with Gasteiger partial charge in [-0.3, -0.25) is 4.79 Å². The molecule has 3 aromatic carbocycles. The van der Waals surface area contributed by atoms with Gasteiger partial charge >= 0.3 is 0 Å². The molecule has 0 unspecified atom stereocenters. The standard InChI is InChI=1S/C20H14ClFO/c21-18-13-17(10-11-19(18)22)20(23)16-8-6-15(7-9-16)12-14-4-2-1-3-5-14/h1-11,13H,12H2. The normalized spacial score (nSPS) is 10.5. The van der Waals surface area contributed by atoms with Gasteiger partial charge in [0.25, 0.3) is 0 Å². The van der Waals surface area contributed by atoms with E-state index in [2.05, 4.69) is 12.1 Å². The van der Waals surface area contributed by atoms with Crippen molar-refractivity contribution in [3.05, 3.63) is 106 Å². The molecule has 0 saturated carbocycles. The lowest BCUT2D eigenvalue weighted by Gasteiger charge is -2.05. The molecule has 0 fully saturated rings. The van der Waals surface area contributed by atoms with Crippen LogP contribution >= 0.6 is 11.6 Å². The van der Waals surface area contributed by atoms with Gasteiger partial charge < -0.3 is 0 Å². The highest BCUT2D eigenvalue weighted by atomic mass is 35.5. The minimum atomic E-state index is -0.526. The van der Waals surface area contributed by atoms with Gasteiger partial charge in [-0.05, 0) is 35.7 Å². The second kappa shape index (κ2) is 6.76. The van der Waals surface area contributed by atoms with Crippen LogP contribution in [-0.4, -0.2) is 5.78 Å². The highest BCUT2D eigenvalue weighted by Crippen LogP contribution is 2.19. The zero-order chi connectivity index (χ0) is 16.2. The molecule has 0 bridgehead atoms. The Balaban J connectivity index is 1.78. The lowest BCUT2D eigenvalue weighted by molar-refractivity contribution is 0.103. The van der Waals surface area contributed by atoms with E-state index in [1.807, 2.05) is 30.3 Å². The first kappa shape index (κ1) is 15.4. The monoisotopic (exact) mass is 324 g/mol. The van der Waals surface area contributed by atoms with Crippen LogP contribution in [0, 0.1) is 5.82 Å². The lowest BCUT2D eigenvalue weighted by atomic mass is 9.99. The van der Waals surface area contributed by atoms with E-state index in [-0.39, 0.29) is 10.8 Å². The second-order valence-corrected chi connectivity index (χ2v) is 5.72. The molecule has 23 heavy (non-hydrogen) atoms. The van der Waals surface area contributed by atoms with Gasteiger partial charge in [0.1, 0.15) is 5.82 Å². The van der Waals surface area contributed by atoms with Crippen LogP contribution in [0.1, 0.15) is 27.0 Å². The van der Waals surface area contributed by atoms with Crippen molar-refractivity contribution >= 4 is 17.4 Å². The highest BCUT2D eigenvalue weighted by molar-refractivity contribution is 6.31. The van der Waals surface area contributed by atoms with Gasteiger partial charge in [-0.25, -0.2) is 4.39 Å². The first-order valence-corrected chi connectivity index (χ1v) is 7.64. The van der Waals surface area contributed by atoms with Crippen LogP contribution in [0.5, 0.6) is 0 Å². The van der Waals surface area contributed by atoms with Crippen molar-refractivity contribution in [2.45, 2.75) is 6.42 Å². The molecule has 3 heteroatoms. The quantitative estimate of drug-likeness (QED) is 0.595. The highest BCUT2D eigenvalue weighted by Gasteiger charge is 2.11. The van der Waals surface area contributed by atoms with Crippen LogP contribution < -0.4 is 0 Å². The first-order valence-electron chi connectivity index (χ1n) is 7.26. The van der Waals surface area contributed by atoms with E-state index in [1.54, 1.807) is 12.1 Å². The van der Waals surface area contributed by atoms with Crippen LogP contribution in [0.15, 0.2) is 72.8 Å². The summed E-state index contributed by atoms with van der Waals surface area (Å²) in [7, 11) is 0. The Morgan fingerprint density at radius 1 is 0.826 bits per heavy atom. The Bertz CT molecular complexity index is 826. The third-order valence-electron chi connectivity index (χ3n) is 3.65. The summed E-state index contributed by atoms with van der Waals surface area (Å²) in [4.78, 5) is 12.4. The Morgan fingerprint density at radius 2 is 1.43 bits per heavy atom. The van der Waals surface area contributed by atoms with E-state index in [0.29, 0.717) is 11.1 Å². The van der Waals surface area contributed by atoms with E-state index in [4.69, 9.17) is 11.6 Å². The van der Waals surface area contributed by atoms with E-state index in [9.17, 15) is 9.18 Å². The zero-order valence-electron chi connectivity index (χ0n) is 12.3. The Kier molecular flexibility index (Phi) is 4.54. The van der Waals surface area contributed by atoms with Gasteiger partial charge in [0.15, 0.2) is 5.78 Å². The predicted octanol–water partition coefficient (Wildman–Crippen LogP) is 5.30. The molecular weight excluding hydrogens is 311 g/mol. The molecule has 0 saturated heterocycles. The van der Waals surface area contributed by atoms with E-state index < -0.39 is 5.82 Å². The predicted molar refractivity (Wildman–Crippen MR) is 90.5 cm³/mol. The molecule has 114 valence electrons. The summed E-state index contributed by atoms with van der Waals surface area (Å²) in [5.74, 6) is -0.695. The van der Waals surface area contributed by atoms with Gasteiger partial charge in [-0.15, -0.1) is 0 Å². The Morgan fingerprint density at radius 3 is 2.09 bits per heavy atom. The van der Waals surface area contributed by atoms with Crippen molar-refractivity contribution in [1.29, 1.82) is 0 Å². The molecule has 0 heterocycles. The van der Waals surface area contributed by atoms with Crippen LogP contribution in [-0.2, 0) is 6.42 Å². The third kappa shape index (κ3) is 3.66. The van der Waals surface area contributed by atoms with Gasteiger partial charge in [-0.2, -0.15) is 0 Å². The molecule has 0 aliphatic rings. The second-order valence-electron chi connectivity index (χ2n) is 5.32. The zero-order valence-corrected chi connectivity index (χ0v) is 13.1. The summed E-state index contributed by atoms with van der Waals surface area (Å²) in [5, 5.41) is -0.0449. The number of halogens is 2. The van der Waals surface area contributed by atoms with E-state index in [0.717, 1.165) is 12.0 Å². The minimum absolute atomic E-state index is 0.0449. The van der Waals surface area contributed by atoms with Crippen molar-refractivity contribution in [3.63, 3.8) is 0 Å². The molecule has 0 aliphatic carbocycles. The number of hydrogen-bond acceptors (Lipinski definition) is 1. The average molecular weight is 325 g/mol. The molecule has 3 rings (SSSR count). The average Bonchev–Trinajstić information content (AvgIpc) is 2.58. The minimum Gasteiger partial charge on any atom is -0.289 e. The number of rotatable bonds is 4. The molecule has 0 radical (unpaired) electrons. The molecule has 0 atom stereocenters. The SMILES string of the molecule is O=C(c1ccc(Cc2ccccc2)cc1)c1ccc(F)c(Cl)c1. The number of hydrogen-bond donors (Lipinski definition) is 0. The number of benzene rings is 3. The van der Waals surface area contributed by atoms with Crippen LogP contribution in [0.2, 0.25) is 5.02 Å². The van der Waals surface area contributed by atoms with Crippen molar-refractivity contribution in [3.8, 4) is 0 Å². The van der Waals surface area contributed by atoms with Crippen molar-refractivity contribution < 1.29 is 9.18 Å². The molecule has 0 amide bonds. The van der Waals surface area contributed by atoms with E-state index in [1.165, 1.54) is 23.8 Å². The maximum absolute atomic E-state index is 13.2. The largest absolute Gasteiger partial charge is 0.289 e. The molecule has 0 aliphatic heterocycles. The fourth-order valence-electron chi connectivity index (χ4n) is 2.41. The molecular formula is C20H14ClFO. The Hall–Kier alpha value is -2.45. The molecule has 0 spiro atoms. The number of carbonyl (C=O) groups excluding carboxylic acids is 1. The van der Waals surface area contributed by atoms with Gasteiger partial charge in [0, 0.05) is 11.1 Å². The maximum Gasteiger partial charge on any atom is 0.193 e. The molecule has 3 aromatic rings. The van der Waals surface area contributed by atoms with Crippen molar-refractivity contribution in [2.24, 2.45) is 0 Å². The summed E-state index contributed by atoms with van der Waals surface area (Å²) >= 11 is 5.73. The van der Waals surface area contributed by atoms with E-state index >= 15 is 0 Å². The fraction of sp³-hybridized carbons (Fsp3) is 0.0500. The smallest absolute Gasteiger partial charge is 0.193 e. The van der Waals surface area contributed by atoms with Gasteiger partial charge in [0.2, 0.25) is 0 Å². The fourth-order valence-corrected chi connectivity index (χ4v) is 2.59. The topological polar surface area (TPSA) is 17.1 Å². The number of carbonyl (C=O) groups is 1. The summed E-state index contributed by atoms with van der Waals surface area (Å²) in [6, 6.07) is 21.6. The van der Waals surface area contributed by atoms with Crippen LogP contribution in [0.4, 0.5) is 4.39 Å². The van der Waals surface area contributed by atoms with Gasteiger partial charge in [0.05, 0.1) is 5.02 Å².